The molecule has 0 spiro atoms. The van der Waals surface area contributed by atoms with E-state index in [1.54, 1.807) is 4.57 Å². The molecule has 0 saturated heterocycles. The van der Waals surface area contributed by atoms with Gasteiger partial charge in [0.2, 0.25) is 0 Å². The molecule has 0 radical (unpaired) electrons. The van der Waals surface area contributed by atoms with Crippen molar-refractivity contribution in [2.24, 2.45) is 0 Å². The molecule has 0 aliphatic rings. The lowest BCUT2D eigenvalue weighted by Crippen LogP contribution is -2.24. The Balaban J connectivity index is 2.75. The second-order valence-corrected chi connectivity index (χ2v) is 4.36. The Hall–Kier alpha value is -1.65. The smallest absolute Gasteiger partial charge is 0.258 e. The van der Waals surface area contributed by atoms with Crippen LogP contribution in [0.15, 0.2) is 35.3 Å². The van der Waals surface area contributed by atoms with Crippen LogP contribution in [0.2, 0.25) is 0 Å². The molecule has 0 amide bonds. The summed E-state index contributed by atoms with van der Waals surface area (Å²) in [6.07, 6.45) is 1.84. The van der Waals surface area contributed by atoms with Crippen molar-refractivity contribution in [1.82, 2.24) is 9.88 Å². The molecule has 4 nitrogen and oxygen atoms in total. The van der Waals surface area contributed by atoms with Crippen LogP contribution in [-0.4, -0.2) is 23.3 Å². The lowest BCUT2D eigenvalue weighted by Gasteiger charge is -2.16. The molecular formula is C14H18N2O2. The minimum Gasteiger partial charge on any atom is -0.395 e. The number of pyridine rings is 1. The molecule has 2 N–H and O–H groups in total. The summed E-state index contributed by atoms with van der Waals surface area (Å²) in [5.74, 6) is 0. The zero-order chi connectivity index (χ0) is 13.1. The molecular weight excluding hydrogens is 228 g/mol. The summed E-state index contributed by atoms with van der Waals surface area (Å²) in [6, 6.07) is 7.74. The Bertz CT molecular complexity index is 604. The first-order valence-electron chi connectivity index (χ1n) is 6.09. The predicted octanol–water partition coefficient (Wildman–Crippen LogP) is 1.27. The molecule has 18 heavy (non-hydrogen) atoms. The zero-order valence-corrected chi connectivity index (χ0v) is 10.7. The quantitative estimate of drug-likeness (QED) is 0.854. The van der Waals surface area contributed by atoms with Crippen molar-refractivity contribution in [3.05, 3.63) is 46.4 Å². The lowest BCUT2D eigenvalue weighted by molar-refractivity contribution is 0.274. The second kappa shape index (κ2) is 5.33. The number of hydrogen-bond acceptors (Lipinski definition) is 3. The minimum atomic E-state index is -0.0493. The normalized spacial score (nSPS) is 12.8. The van der Waals surface area contributed by atoms with E-state index in [-0.39, 0.29) is 18.2 Å². The van der Waals surface area contributed by atoms with Gasteiger partial charge in [-0.3, -0.25) is 4.79 Å². The van der Waals surface area contributed by atoms with Gasteiger partial charge in [0.1, 0.15) is 0 Å². The number of fused-ring (bicyclic) bond motifs is 1. The fourth-order valence-electron chi connectivity index (χ4n) is 2.15. The van der Waals surface area contributed by atoms with E-state index in [0.29, 0.717) is 11.9 Å². The van der Waals surface area contributed by atoms with Gasteiger partial charge >= 0.3 is 0 Å². The molecule has 2 aromatic rings. The van der Waals surface area contributed by atoms with Gasteiger partial charge in [-0.1, -0.05) is 18.2 Å². The minimum absolute atomic E-state index is 0.0361. The van der Waals surface area contributed by atoms with Gasteiger partial charge in [-0.15, -0.1) is 0 Å². The first-order valence-corrected chi connectivity index (χ1v) is 6.09. The Kier molecular flexibility index (Phi) is 3.79. The summed E-state index contributed by atoms with van der Waals surface area (Å²) < 4.78 is 1.57. The fraction of sp³-hybridized carbons (Fsp3) is 0.357. The number of aliphatic hydroxyl groups is 1. The van der Waals surface area contributed by atoms with Crippen LogP contribution in [0, 0.1) is 0 Å². The maximum atomic E-state index is 12.2. The van der Waals surface area contributed by atoms with Crippen LogP contribution in [0.1, 0.15) is 18.5 Å². The van der Waals surface area contributed by atoms with Gasteiger partial charge in [-0.2, -0.15) is 0 Å². The molecule has 0 fully saturated rings. The van der Waals surface area contributed by atoms with Gasteiger partial charge in [-0.05, 0) is 31.0 Å². The molecule has 0 bridgehead atoms. The van der Waals surface area contributed by atoms with Crippen LogP contribution < -0.4 is 10.9 Å². The van der Waals surface area contributed by atoms with Crippen molar-refractivity contribution in [3.8, 4) is 0 Å². The third-order valence-electron chi connectivity index (χ3n) is 3.26. The van der Waals surface area contributed by atoms with Gasteiger partial charge in [0.05, 0.1) is 6.61 Å². The summed E-state index contributed by atoms with van der Waals surface area (Å²) in [5.41, 5.74) is 1.02. The van der Waals surface area contributed by atoms with Crippen LogP contribution >= 0.6 is 0 Å². The number of nitrogens with zero attached hydrogens (tertiary/aromatic N) is 1. The Morgan fingerprint density at radius 2 is 2.00 bits per heavy atom. The summed E-state index contributed by atoms with van der Waals surface area (Å²) in [5, 5.41) is 13.9. The van der Waals surface area contributed by atoms with Crippen molar-refractivity contribution >= 4 is 10.8 Å². The molecule has 1 heterocycles. The molecule has 96 valence electrons. The van der Waals surface area contributed by atoms with Crippen LogP contribution in [0.3, 0.4) is 0 Å². The number of hydrogen-bond donors (Lipinski definition) is 2. The maximum absolute atomic E-state index is 12.2. The SMILES string of the molecule is CNC(C)c1cn(CCO)c(=O)c2ccccc12. The molecule has 2 rings (SSSR count). The summed E-state index contributed by atoms with van der Waals surface area (Å²) in [6.45, 7) is 2.34. The van der Waals surface area contributed by atoms with Crippen molar-refractivity contribution in [1.29, 1.82) is 0 Å². The first kappa shape index (κ1) is 12.8. The number of benzene rings is 1. The van der Waals surface area contributed by atoms with Gasteiger partial charge in [-0.25, -0.2) is 0 Å². The Morgan fingerprint density at radius 1 is 1.33 bits per heavy atom. The standard InChI is InChI=1S/C14H18N2O2/c1-10(15-2)13-9-16(7-8-17)14(18)12-6-4-3-5-11(12)13/h3-6,9-10,15,17H,7-8H2,1-2H3. The van der Waals surface area contributed by atoms with E-state index in [4.69, 9.17) is 5.11 Å². The van der Waals surface area contributed by atoms with Crippen LogP contribution in [0.4, 0.5) is 0 Å². The van der Waals surface area contributed by atoms with Crippen molar-refractivity contribution in [2.75, 3.05) is 13.7 Å². The van der Waals surface area contributed by atoms with E-state index in [9.17, 15) is 4.79 Å². The van der Waals surface area contributed by atoms with Gasteiger partial charge in [0.25, 0.3) is 5.56 Å². The van der Waals surface area contributed by atoms with Gasteiger partial charge in [0, 0.05) is 24.2 Å². The third-order valence-corrected chi connectivity index (χ3v) is 3.26. The van der Waals surface area contributed by atoms with Crippen LogP contribution in [0.25, 0.3) is 10.8 Å². The molecule has 0 aliphatic carbocycles. The molecule has 0 aliphatic heterocycles. The maximum Gasteiger partial charge on any atom is 0.258 e. The highest BCUT2D eigenvalue weighted by Gasteiger charge is 2.12. The van der Waals surface area contributed by atoms with Crippen LogP contribution in [0.5, 0.6) is 0 Å². The third kappa shape index (κ3) is 2.17. The molecule has 1 unspecified atom stereocenters. The monoisotopic (exact) mass is 246 g/mol. The lowest BCUT2D eigenvalue weighted by atomic mass is 10.0. The van der Waals surface area contributed by atoms with Crippen LogP contribution in [-0.2, 0) is 6.54 Å². The molecule has 4 heteroatoms. The topological polar surface area (TPSA) is 54.3 Å². The van der Waals surface area contributed by atoms with E-state index in [0.717, 1.165) is 10.9 Å². The average Bonchev–Trinajstić information content (AvgIpc) is 2.41. The first-order chi connectivity index (χ1) is 8.69. The Labute approximate surface area is 106 Å². The van der Waals surface area contributed by atoms with Crippen molar-refractivity contribution in [2.45, 2.75) is 19.5 Å². The summed E-state index contributed by atoms with van der Waals surface area (Å²) >= 11 is 0. The number of nitrogens with one attached hydrogen (secondary N) is 1. The number of aliphatic hydroxyl groups excluding tert-OH is 1. The highest BCUT2D eigenvalue weighted by atomic mass is 16.3. The van der Waals surface area contributed by atoms with E-state index in [1.165, 1.54) is 0 Å². The highest BCUT2D eigenvalue weighted by molar-refractivity contribution is 5.85. The summed E-state index contributed by atoms with van der Waals surface area (Å²) in [7, 11) is 1.89. The molecule has 1 aromatic heterocycles. The second-order valence-electron chi connectivity index (χ2n) is 4.36. The van der Waals surface area contributed by atoms with Crippen molar-refractivity contribution < 1.29 is 5.11 Å². The summed E-state index contributed by atoms with van der Waals surface area (Å²) in [4.78, 5) is 12.2. The predicted molar refractivity (Wildman–Crippen MR) is 72.8 cm³/mol. The van der Waals surface area contributed by atoms with E-state index in [2.05, 4.69) is 12.2 Å². The highest BCUT2D eigenvalue weighted by Crippen LogP contribution is 2.21. The van der Waals surface area contributed by atoms with Gasteiger partial charge in [0.15, 0.2) is 0 Å². The fourth-order valence-corrected chi connectivity index (χ4v) is 2.15. The van der Waals surface area contributed by atoms with E-state index < -0.39 is 0 Å². The molecule has 1 atom stereocenters. The van der Waals surface area contributed by atoms with Gasteiger partial charge < -0.3 is 15.0 Å². The molecule has 1 aromatic carbocycles. The number of aromatic nitrogens is 1. The number of rotatable bonds is 4. The average molecular weight is 246 g/mol. The van der Waals surface area contributed by atoms with Crippen molar-refractivity contribution in [3.63, 3.8) is 0 Å². The zero-order valence-electron chi connectivity index (χ0n) is 10.7. The van der Waals surface area contributed by atoms with E-state index >= 15 is 0 Å². The molecule has 0 saturated carbocycles. The Morgan fingerprint density at radius 3 is 2.61 bits per heavy atom. The largest absolute Gasteiger partial charge is 0.395 e. The van der Waals surface area contributed by atoms with E-state index in [1.807, 2.05) is 37.5 Å².